The predicted molar refractivity (Wildman–Crippen MR) is 81.0 cm³/mol. The molecule has 0 saturated heterocycles. The van der Waals surface area contributed by atoms with Gasteiger partial charge in [0.25, 0.3) is 0 Å². The third-order valence-corrected chi connectivity index (χ3v) is 3.73. The molecule has 0 aliphatic heterocycles. The van der Waals surface area contributed by atoms with Crippen molar-refractivity contribution in [1.29, 1.82) is 0 Å². The van der Waals surface area contributed by atoms with E-state index >= 15 is 0 Å². The molecule has 4 nitrogen and oxygen atoms in total. The number of fused-ring (bicyclic) bond motifs is 1. The van der Waals surface area contributed by atoms with Gasteiger partial charge in [0.15, 0.2) is 0 Å². The Labute approximate surface area is 124 Å². The fourth-order valence-electron chi connectivity index (χ4n) is 2.76. The second kappa shape index (κ2) is 5.95. The quantitative estimate of drug-likeness (QED) is 0.692. The molecule has 0 fully saturated rings. The lowest BCUT2D eigenvalue weighted by Gasteiger charge is -2.20. The summed E-state index contributed by atoms with van der Waals surface area (Å²) in [6.45, 7) is 2.52. The van der Waals surface area contributed by atoms with Crippen LogP contribution in [0, 0.1) is 6.92 Å². The largest absolute Gasteiger partial charge is 0.489 e. The number of benzene rings is 1. The molecule has 1 N–H and O–H groups in total. The molecule has 0 saturated carbocycles. The number of rotatable bonds is 3. The predicted octanol–water partition coefficient (Wildman–Crippen LogP) is 3.48. The third kappa shape index (κ3) is 2.89. The highest BCUT2D eigenvalue weighted by atomic mass is 16.5. The maximum absolute atomic E-state index is 9.11. The molecular weight excluding hydrogens is 264 g/mol. The molecule has 0 spiro atoms. The number of oxime groups is 1. The van der Waals surface area contributed by atoms with Crippen molar-refractivity contribution < 1.29 is 9.94 Å². The van der Waals surface area contributed by atoms with Crippen LogP contribution >= 0.6 is 0 Å². The van der Waals surface area contributed by atoms with Crippen LogP contribution in [0.15, 0.2) is 41.8 Å². The molecule has 4 heteroatoms. The highest BCUT2D eigenvalue weighted by Gasteiger charge is 2.19. The maximum Gasteiger partial charge on any atom is 0.123 e. The fourth-order valence-corrected chi connectivity index (χ4v) is 2.76. The molecule has 0 amide bonds. The highest BCUT2D eigenvalue weighted by molar-refractivity contribution is 6.02. The third-order valence-electron chi connectivity index (χ3n) is 3.73. The first-order valence-corrected chi connectivity index (χ1v) is 7.14. The first-order valence-electron chi connectivity index (χ1n) is 7.14. The molecule has 0 radical (unpaired) electrons. The number of hydrogen-bond acceptors (Lipinski definition) is 4. The summed E-state index contributed by atoms with van der Waals surface area (Å²) in [6.07, 6.45) is 6.41. The van der Waals surface area contributed by atoms with E-state index in [1.54, 1.807) is 0 Å². The molecule has 0 unspecified atom stereocenters. The number of hydrogen-bond donors (Lipinski definition) is 1. The second-order valence-electron chi connectivity index (χ2n) is 5.34. The van der Waals surface area contributed by atoms with Gasteiger partial charge in [0.05, 0.1) is 5.71 Å². The minimum atomic E-state index is 0.497. The Kier molecular flexibility index (Phi) is 3.86. The van der Waals surface area contributed by atoms with Crippen molar-refractivity contribution in [3.05, 3.63) is 58.9 Å². The van der Waals surface area contributed by atoms with Crippen molar-refractivity contribution in [2.75, 3.05) is 0 Å². The summed E-state index contributed by atoms with van der Waals surface area (Å²) < 4.78 is 5.96. The standard InChI is InChI=1S/C17H18N2O2/c1-12-8-13(10-18-9-12)11-21-17-7-3-4-14-15(17)5-2-6-16(14)19-20/h3-4,7-10,20H,2,5-6,11H2,1H3/b19-16+. The van der Waals surface area contributed by atoms with E-state index < -0.39 is 0 Å². The lowest BCUT2D eigenvalue weighted by atomic mass is 9.89. The van der Waals surface area contributed by atoms with E-state index in [0.29, 0.717) is 6.61 Å². The second-order valence-corrected chi connectivity index (χ2v) is 5.34. The zero-order valence-electron chi connectivity index (χ0n) is 12.0. The minimum absolute atomic E-state index is 0.497. The van der Waals surface area contributed by atoms with Crippen molar-refractivity contribution in [3.8, 4) is 5.75 Å². The van der Waals surface area contributed by atoms with Crippen LogP contribution in [0.4, 0.5) is 0 Å². The van der Waals surface area contributed by atoms with E-state index in [0.717, 1.165) is 53.0 Å². The Balaban J connectivity index is 1.83. The van der Waals surface area contributed by atoms with E-state index in [2.05, 4.69) is 16.2 Å². The molecule has 108 valence electrons. The first-order chi connectivity index (χ1) is 10.3. The zero-order valence-corrected chi connectivity index (χ0v) is 12.0. The van der Waals surface area contributed by atoms with E-state index in [-0.39, 0.29) is 0 Å². The van der Waals surface area contributed by atoms with Gasteiger partial charge in [-0.05, 0) is 43.9 Å². The molecule has 21 heavy (non-hydrogen) atoms. The fraction of sp³-hybridized carbons (Fsp3) is 0.294. The minimum Gasteiger partial charge on any atom is -0.489 e. The van der Waals surface area contributed by atoms with Crippen LogP contribution in [-0.4, -0.2) is 15.9 Å². The van der Waals surface area contributed by atoms with Crippen molar-refractivity contribution in [3.63, 3.8) is 0 Å². The van der Waals surface area contributed by atoms with Gasteiger partial charge >= 0.3 is 0 Å². The van der Waals surface area contributed by atoms with Crippen LogP contribution in [0.1, 0.15) is 35.1 Å². The van der Waals surface area contributed by atoms with Crippen LogP contribution in [0.2, 0.25) is 0 Å². The first kappa shape index (κ1) is 13.6. The van der Waals surface area contributed by atoms with E-state index in [1.165, 1.54) is 0 Å². The molecule has 3 rings (SSSR count). The van der Waals surface area contributed by atoms with Crippen molar-refractivity contribution in [1.82, 2.24) is 4.98 Å². The molecule has 1 aliphatic carbocycles. The maximum atomic E-state index is 9.11. The molecular formula is C17H18N2O2. The van der Waals surface area contributed by atoms with E-state index in [4.69, 9.17) is 9.94 Å². The summed E-state index contributed by atoms with van der Waals surface area (Å²) >= 11 is 0. The number of nitrogens with zero attached hydrogens (tertiary/aromatic N) is 2. The average molecular weight is 282 g/mol. The van der Waals surface area contributed by atoms with Gasteiger partial charge in [0, 0.05) is 29.1 Å². The number of aromatic nitrogens is 1. The summed E-state index contributed by atoms with van der Waals surface area (Å²) in [4.78, 5) is 4.18. The molecule has 0 atom stereocenters. The highest BCUT2D eigenvalue weighted by Crippen LogP contribution is 2.30. The SMILES string of the molecule is Cc1cncc(COc2cccc3c2CCC/C3=N\O)c1. The molecule has 1 aromatic carbocycles. The van der Waals surface area contributed by atoms with Crippen molar-refractivity contribution in [2.24, 2.45) is 5.16 Å². The van der Waals surface area contributed by atoms with Crippen LogP contribution in [0.25, 0.3) is 0 Å². The Morgan fingerprint density at radius 2 is 2.19 bits per heavy atom. The Morgan fingerprint density at radius 3 is 3.00 bits per heavy atom. The van der Waals surface area contributed by atoms with Crippen LogP contribution in [0.5, 0.6) is 5.75 Å². The van der Waals surface area contributed by atoms with Gasteiger partial charge in [0.2, 0.25) is 0 Å². The summed E-state index contributed by atoms with van der Waals surface area (Å²) in [6, 6.07) is 7.98. The molecule has 2 aromatic rings. The summed E-state index contributed by atoms with van der Waals surface area (Å²) in [7, 11) is 0. The van der Waals surface area contributed by atoms with E-state index in [1.807, 2.05) is 37.5 Å². The van der Waals surface area contributed by atoms with Gasteiger partial charge in [-0.15, -0.1) is 0 Å². The van der Waals surface area contributed by atoms with Crippen LogP contribution < -0.4 is 4.74 Å². The Bertz CT molecular complexity index is 680. The number of aryl methyl sites for hydroxylation is 1. The Morgan fingerprint density at radius 1 is 1.29 bits per heavy atom. The molecule has 0 bridgehead atoms. The van der Waals surface area contributed by atoms with Gasteiger partial charge in [-0.2, -0.15) is 0 Å². The molecule has 1 heterocycles. The Hall–Kier alpha value is -2.36. The molecule has 1 aromatic heterocycles. The summed E-state index contributed by atoms with van der Waals surface area (Å²) in [5.41, 5.74) is 5.07. The topological polar surface area (TPSA) is 54.7 Å². The van der Waals surface area contributed by atoms with Gasteiger partial charge in [-0.25, -0.2) is 0 Å². The number of pyridine rings is 1. The summed E-state index contributed by atoms with van der Waals surface area (Å²) in [5, 5.41) is 12.5. The van der Waals surface area contributed by atoms with E-state index in [9.17, 15) is 0 Å². The van der Waals surface area contributed by atoms with Crippen LogP contribution in [0.3, 0.4) is 0 Å². The van der Waals surface area contributed by atoms with Gasteiger partial charge < -0.3 is 9.94 Å². The lowest BCUT2D eigenvalue weighted by Crippen LogP contribution is -2.13. The van der Waals surface area contributed by atoms with Crippen LogP contribution in [-0.2, 0) is 13.0 Å². The zero-order chi connectivity index (χ0) is 14.7. The van der Waals surface area contributed by atoms with Gasteiger partial charge in [-0.3, -0.25) is 4.98 Å². The monoisotopic (exact) mass is 282 g/mol. The molecule has 1 aliphatic rings. The van der Waals surface area contributed by atoms with Gasteiger partial charge in [-0.1, -0.05) is 17.3 Å². The number of ether oxygens (including phenoxy) is 1. The normalized spacial score (nSPS) is 15.8. The summed E-state index contributed by atoms with van der Waals surface area (Å²) in [5.74, 6) is 0.870. The van der Waals surface area contributed by atoms with Crippen molar-refractivity contribution in [2.45, 2.75) is 32.8 Å². The smallest absolute Gasteiger partial charge is 0.123 e. The lowest BCUT2D eigenvalue weighted by molar-refractivity contribution is 0.301. The van der Waals surface area contributed by atoms with Crippen molar-refractivity contribution >= 4 is 5.71 Å². The average Bonchev–Trinajstić information content (AvgIpc) is 2.52. The van der Waals surface area contributed by atoms with Gasteiger partial charge in [0.1, 0.15) is 12.4 Å².